The molecule has 0 bridgehead atoms. The highest BCUT2D eigenvalue weighted by atomic mass is 16.3. The van der Waals surface area contributed by atoms with Crippen molar-refractivity contribution in [2.75, 3.05) is 0 Å². The van der Waals surface area contributed by atoms with Gasteiger partial charge < -0.3 is 10.2 Å². The maximum absolute atomic E-state index is 10.3. The number of phenols is 2. The second-order valence-electron chi connectivity index (χ2n) is 6.61. The summed E-state index contributed by atoms with van der Waals surface area (Å²) in [6, 6.07) is 31.2. The highest BCUT2D eigenvalue weighted by Gasteiger charge is 2.09. The third-order valence-corrected chi connectivity index (χ3v) is 4.70. The minimum Gasteiger partial charge on any atom is -0.507 e. The van der Waals surface area contributed by atoms with E-state index in [1.54, 1.807) is 12.1 Å². The Bertz CT molecular complexity index is 967. The van der Waals surface area contributed by atoms with Gasteiger partial charge in [0.2, 0.25) is 0 Å². The average Bonchev–Trinajstić information content (AvgIpc) is 2.72. The maximum atomic E-state index is 10.3. The molecular weight excluding hydrogens is 332 g/mol. The minimum atomic E-state index is 0.278. The first-order valence-corrected chi connectivity index (χ1v) is 8.95. The Morgan fingerprint density at radius 3 is 1.30 bits per heavy atom. The van der Waals surface area contributed by atoms with E-state index in [0.29, 0.717) is 0 Å². The topological polar surface area (TPSA) is 40.5 Å². The van der Waals surface area contributed by atoms with E-state index in [-0.39, 0.29) is 11.5 Å². The fourth-order valence-corrected chi connectivity index (χ4v) is 3.32. The molecule has 0 unspecified atom stereocenters. The molecule has 0 aromatic heterocycles. The quantitative estimate of drug-likeness (QED) is 0.471. The Labute approximate surface area is 159 Å². The smallest absolute Gasteiger partial charge is 0.123 e. The van der Waals surface area contributed by atoms with Gasteiger partial charge in [-0.1, -0.05) is 72.8 Å². The molecule has 2 heteroatoms. The molecule has 0 aliphatic heterocycles. The number of hydrogen-bond donors (Lipinski definition) is 2. The molecule has 0 aliphatic rings. The first kappa shape index (κ1) is 16.9. The molecule has 0 saturated heterocycles. The molecule has 0 amide bonds. The molecule has 0 spiro atoms. The molecule has 27 heavy (non-hydrogen) atoms. The van der Waals surface area contributed by atoms with Crippen LogP contribution in [0.1, 0.15) is 11.1 Å². The third-order valence-electron chi connectivity index (χ3n) is 4.70. The van der Waals surface area contributed by atoms with Gasteiger partial charge in [0.25, 0.3) is 0 Å². The second-order valence-corrected chi connectivity index (χ2v) is 6.61. The Kier molecular flexibility index (Phi) is 4.63. The molecule has 4 aromatic carbocycles. The van der Waals surface area contributed by atoms with E-state index >= 15 is 0 Å². The van der Waals surface area contributed by atoms with E-state index in [9.17, 15) is 10.2 Å². The van der Waals surface area contributed by atoms with Crippen molar-refractivity contribution < 1.29 is 10.2 Å². The van der Waals surface area contributed by atoms with Gasteiger partial charge in [0.15, 0.2) is 0 Å². The van der Waals surface area contributed by atoms with Gasteiger partial charge in [-0.3, -0.25) is 0 Å². The highest BCUT2D eigenvalue weighted by molar-refractivity contribution is 5.72. The van der Waals surface area contributed by atoms with Crippen molar-refractivity contribution in [2.45, 2.75) is 6.42 Å². The van der Waals surface area contributed by atoms with Crippen LogP contribution in [0, 0.1) is 0 Å². The largest absolute Gasteiger partial charge is 0.507 e. The van der Waals surface area contributed by atoms with Crippen LogP contribution in [-0.4, -0.2) is 10.2 Å². The van der Waals surface area contributed by atoms with Crippen LogP contribution in [0.25, 0.3) is 22.3 Å². The Hall–Kier alpha value is -3.52. The van der Waals surface area contributed by atoms with Gasteiger partial charge in [-0.25, -0.2) is 0 Å². The third kappa shape index (κ3) is 3.70. The molecule has 0 fully saturated rings. The lowest BCUT2D eigenvalue weighted by Crippen LogP contribution is -1.91. The minimum absolute atomic E-state index is 0.278. The summed E-state index contributed by atoms with van der Waals surface area (Å²) in [5, 5.41) is 20.5. The number of rotatable bonds is 4. The normalized spacial score (nSPS) is 10.7. The standard InChI is InChI=1S/C25H20O2/c26-24-13-11-18(16-22(24)20-7-3-1-4-8-20)15-19-12-14-25(27)23(17-19)21-9-5-2-6-10-21/h1-14,16-17,26-27H,15H2. The summed E-state index contributed by atoms with van der Waals surface area (Å²) >= 11 is 0. The van der Waals surface area contributed by atoms with E-state index in [4.69, 9.17) is 0 Å². The van der Waals surface area contributed by atoms with E-state index < -0.39 is 0 Å². The molecule has 2 nitrogen and oxygen atoms in total. The van der Waals surface area contributed by atoms with Gasteiger partial charge in [-0.2, -0.15) is 0 Å². The molecule has 0 saturated carbocycles. The zero-order chi connectivity index (χ0) is 18.6. The van der Waals surface area contributed by atoms with Gasteiger partial charge in [0.1, 0.15) is 11.5 Å². The summed E-state index contributed by atoms with van der Waals surface area (Å²) < 4.78 is 0. The van der Waals surface area contributed by atoms with Crippen LogP contribution in [0.4, 0.5) is 0 Å². The fourth-order valence-electron chi connectivity index (χ4n) is 3.32. The van der Waals surface area contributed by atoms with Gasteiger partial charge in [-0.15, -0.1) is 0 Å². The summed E-state index contributed by atoms with van der Waals surface area (Å²) in [5.41, 5.74) is 5.86. The van der Waals surface area contributed by atoms with Gasteiger partial charge in [0.05, 0.1) is 0 Å². The zero-order valence-electron chi connectivity index (χ0n) is 14.8. The van der Waals surface area contributed by atoms with Crippen molar-refractivity contribution in [2.24, 2.45) is 0 Å². The van der Waals surface area contributed by atoms with Crippen molar-refractivity contribution in [1.29, 1.82) is 0 Å². The summed E-state index contributed by atoms with van der Waals surface area (Å²) in [6.45, 7) is 0. The van der Waals surface area contributed by atoms with Crippen LogP contribution >= 0.6 is 0 Å². The number of phenolic OH excluding ortho intramolecular Hbond substituents is 2. The van der Waals surface area contributed by atoms with Crippen LogP contribution in [0.15, 0.2) is 97.1 Å². The van der Waals surface area contributed by atoms with Crippen LogP contribution in [-0.2, 0) is 6.42 Å². The maximum Gasteiger partial charge on any atom is 0.123 e. The van der Waals surface area contributed by atoms with E-state index in [1.165, 1.54) is 0 Å². The highest BCUT2D eigenvalue weighted by Crippen LogP contribution is 2.33. The molecule has 132 valence electrons. The molecule has 0 radical (unpaired) electrons. The molecule has 0 heterocycles. The molecule has 0 aliphatic carbocycles. The second kappa shape index (κ2) is 7.38. The molecule has 0 atom stereocenters. The Balaban J connectivity index is 1.67. The van der Waals surface area contributed by atoms with Gasteiger partial charge in [0, 0.05) is 11.1 Å². The SMILES string of the molecule is Oc1ccc(Cc2ccc(O)c(-c3ccccc3)c2)cc1-c1ccccc1. The predicted octanol–water partition coefficient (Wildman–Crippen LogP) is 6.02. The zero-order valence-corrected chi connectivity index (χ0v) is 14.8. The predicted molar refractivity (Wildman–Crippen MR) is 110 cm³/mol. The van der Waals surface area contributed by atoms with Gasteiger partial charge in [-0.05, 0) is 52.9 Å². The van der Waals surface area contributed by atoms with Crippen LogP contribution in [0.2, 0.25) is 0 Å². The average molecular weight is 352 g/mol. The van der Waals surface area contributed by atoms with Crippen molar-refractivity contribution in [3.63, 3.8) is 0 Å². The first-order chi connectivity index (χ1) is 13.2. The van der Waals surface area contributed by atoms with E-state index in [1.807, 2.05) is 84.9 Å². The summed E-state index contributed by atoms with van der Waals surface area (Å²) in [7, 11) is 0. The van der Waals surface area contributed by atoms with Crippen molar-refractivity contribution in [3.8, 4) is 33.8 Å². The Morgan fingerprint density at radius 1 is 0.481 bits per heavy atom. The molecule has 4 aromatic rings. The molecule has 2 N–H and O–H groups in total. The lowest BCUT2D eigenvalue weighted by Gasteiger charge is -2.11. The van der Waals surface area contributed by atoms with E-state index in [0.717, 1.165) is 39.8 Å². The lowest BCUT2D eigenvalue weighted by atomic mass is 9.96. The van der Waals surface area contributed by atoms with Crippen molar-refractivity contribution in [3.05, 3.63) is 108 Å². The molecule has 4 rings (SSSR count). The van der Waals surface area contributed by atoms with Crippen molar-refractivity contribution >= 4 is 0 Å². The molecular formula is C25H20O2. The van der Waals surface area contributed by atoms with Crippen LogP contribution < -0.4 is 0 Å². The number of aromatic hydroxyl groups is 2. The fraction of sp³-hybridized carbons (Fsp3) is 0.0400. The van der Waals surface area contributed by atoms with E-state index in [2.05, 4.69) is 0 Å². The van der Waals surface area contributed by atoms with Crippen LogP contribution in [0.5, 0.6) is 11.5 Å². The van der Waals surface area contributed by atoms with Gasteiger partial charge >= 0.3 is 0 Å². The lowest BCUT2D eigenvalue weighted by molar-refractivity contribution is 0.477. The van der Waals surface area contributed by atoms with Crippen molar-refractivity contribution in [1.82, 2.24) is 0 Å². The Morgan fingerprint density at radius 2 is 0.889 bits per heavy atom. The summed E-state index contributed by atoms with van der Waals surface area (Å²) in [5.74, 6) is 0.557. The number of benzene rings is 4. The first-order valence-electron chi connectivity index (χ1n) is 8.95. The summed E-state index contributed by atoms with van der Waals surface area (Å²) in [4.78, 5) is 0. The monoisotopic (exact) mass is 352 g/mol. The van der Waals surface area contributed by atoms with Crippen LogP contribution in [0.3, 0.4) is 0 Å². The number of hydrogen-bond acceptors (Lipinski definition) is 2. The summed E-state index contributed by atoms with van der Waals surface area (Å²) in [6.07, 6.45) is 0.722.